The molecule has 2 amide bonds. The number of rotatable bonds is 9. The third-order valence-electron chi connectivity index (χ3n) is 6.68. The summed E-state index contributed by atoms with van der Waals surface area (Å²) in [4.78, 5) is 36.4. The van der Waals surface area contributed by atoms with Gasteiger partial charge in [-0.25, -0.2) is 14.5 Å². The third-order valence-corrected chi connectivity index (χ3v) is 6.68. The number of guanidine groups is 1. The van der Waals surface area contributed by atoms with E-state index in [1.54, 1.807) is 46.4 Å². The number of aliphatic imine (C=N–C) groups is 1. The summed E-state index contributed by atoms with van der Waals surface area (Å²) in [6.45, 7) is 13.1. The molecule has 1 aromatic carbocycles. The molecule has 40 heavy (non-hydrogen) atoms. The lowest BCUT2D eigenvalue weighted by Crippen LogP contribution is -2.59. The summed E-state index contributed by atoms with van der Waals surface area (Å²) in [7, 11) is 0. The van der Waals surface area contributed by atoms with Crippen molar-refractivity contribution in [2.45, 2.75) is 117 Å². The highest BCUT2D eigenvalue weighted by molar-refractivity contribution is 5.99. The average Bonchev–Trinajstić information content (AvgIpc) is 3.27. The molecule has 0 aliphatic carbocycles. The largest absolute Gasteiger partial charge is 0.465 e. The highest BCUT2D eigenvalue weighted by Gasteiger charge is 2.43. The number of hydrogen-bond donors (Lipinski definition) is 1. The van der Waals surface area contributed by atoms with Crippen molar-refractivity contribution in [3.05, 3.63) is 35.7 Å². The normalized spacial score (nSPS) is 16.0. The standard InChI is InChI=1S/C30H45N5O5/c1-8-9-10-11-12-13-14-21-15-17-22(18-16-21)24-31-25(40-33-24)23-19-20-34(23)26(32-27(36)39-30(5,6)7)35(28(37)38)29(2,3)4/h15-18,23H,8-14,19-20H2,1-7H3,(H,37,38)/t23-/m0/s1. The number of carboxylic acid groups (broad SMARTS) is 1. The number of likely N-dealkylation sites (tertiary alicyclic amines) is 1. The minimum Gasteiger partial charge on any atom is -0.465 e. The summed E-state index contributed by atoms with van der Waals surface area (Å²) in [5.41, 5.74) is 0.481. The van der Waals surface area contributed by atoms with Crippen molar-refractivity contribution in [1.82, 2.24) is 19.9 Å². The van der Waals surface area contributed by atoms with Crippen LogP contribution in [-0.2, 0) is 11.2 Å². The van der Waals surface area contributed by atoms with Gasteiger partial charge in [-0.15, -0.1) is 4.99 Å². The van der Waals surface area contributed by atoms with Gasteiger partial charge in [0, 0.05) is 17.6 Å². The van der Waals surface area contributed by atoms with Crippen LogP contribution < -0.4 is 0 Å². The van der Waals surface area contributed by atoms with E-state index in [4.69, 9.17) is 9.26 Å². The Kier molecular flexibility index (Phi) is 10.3. The Morgan fingerprint density at radius 3 is 2.27 bits per heavy atom. The van der Waals surface area contributed by atoms with Gasteiger partial charge in [0.05, 0.1) is 0 Å². The van der Waals surface area contributed by atoms with Gasteiger partial charge in [-0.05, 0) is 66.4 Å². The van der Waals surface area contributed by atoms with E-state index in [2.05, 4.69) is 34.2 Å². The van der Waals surface area contributed by atoms with Crippen molar-refractivity contribution >= 4 is 18.1 Å². The first-order chi connectivity index (χ1) is 18.8. The van der Waals surface area contributed by atoms with Crippen molar-refractivity contribution in [2.75, 3.05) is 6.54 Å². The summed E-state index contributed by atoms with van der Waals surface area (Å²) < 4.78 is 11.0. The van der Waals surface area contributed by atoms with Crippen molar-refractivity contribution < 1.29 is 24.0 Å². The molecule has 1 saturated heterocycles. The van der Waals surface area contributed by atoms with Gasteiger partial charge < -0.3 is 19.3 Å². The second kappa shape index (κ2) is 13.3. The summed E-state index contributed by atoms with van der Waals surface area (Å²) in [5.74, 6) is 0.780. The van der Waals surface area contributed by atoms with Crippen LogP contribution in [0.3, 0.4) is 0 Å². The first kappa shape index (κ1) is 31.1. The summed E-state index contributed by atoms with van der Waals surface area (Å²) in [6.07, 6.45) is 7.21. The Bertz CT molecular complexity index is 1160. The van der Waals surface area contributed by atoms with Gasteiger partial charge in [-0.3, -0.25) is 0 Å². The average molecular weight is 556 g/mol. The van der Waals surface area contributed by atoms with Gasteiger partial charge >= 0.3 is 12.2 Å². The van der Waals surface area contributed by atoms with Crippen LogP contribution in [0.25, 0.3) is 11.4 Å². The summed E-state index contributed by atoms with van der Waals surface area (Å²) in [6, 6.07) is 7.79. The van der Waals surface area contributed by atoms with Gasteiger partial charge in [0.2, 0.25) is 17.7 Å². The molecular formula is C30H45N5O5. The molecule has 10 nitrogen and oxygen atoms in total. The number of aromatic nitrogens is 2. The molecule has 1 aliphatic heterocycles. The molecule has 1 atom stereocenters. The maximum atomic E-state index is 12.6. The molecular weight excluding hydrogens is 510 g/mol. The topological polar surface area (TPSA) is 121 Å². The molecule has 2 heterocycles. The van der Waals surface area contributed by atoms with Crippen LogP contribution in [0.2, 0.25) is 0 Å². The Hall–Kier alpha value is -3.43. The van der Waals surface area contributed by atoms with E-state index in [-0.39, 0.29) is 5.96 Å². The Morgan fingerprint density at radius 1 is 1.07 bits per heavy atom. The second-order valence-corrected chi connectivity index (χ2v) is 12.3. The first-order valence-electron chi connectivity index (χ1n) is 14.3. The summed E-state index contributed by atoms with van der Waals surface area (Å²) >= 11 is 0. The van der Waals surface area contributed by atoms with Gasteiger partial charge in [0.25, 0.3) is 0 Å². The number of aryl methyl sites for hydroxylation is 1. The van der Waals surface area contributed by atoms with E-state index in [9.17, 15) is 14.7 Å². The van der Waals surface area contributed by atoms with Crippen LogP contribution in [0.4, 0.5) is 9.59 Å². The number of nitrogens with zero attached hydrogens (tertiary/aromatic N) is 5. The minimum atomic E-state index is -1.23. The van der Waals surface area contributed by atoms with Gasteiger partial charge in [0.15, 0.2) is 0 Å². The fraction of sp³-hybridized carbons (Fsp3) is 0.633. The maximum Gasteiger partial charge on any atom is 0.437 e. The maximum absolute atomic E-state index is 12.6. The molecule has 2 aromatic rings. The predicted molar refractivity (Wildman–Crippen MR) is 154 cm³/mol. The van der Waals surface area contributed by atoms with Crippen molar-refractivity contribution in [1.29, 1.82) is 0 Å². The second-order valence-electron chi connectivity index (χ2n) is 12.3. The molecule has 0 unspecified atom stereocenters. The van der Waals surface area contributed by atoms with Crippen molar-refractivity contribution in [3.8, 4) is 11.4 Å². The number of carbonyl (C=O) groups is 2. The molecule has 1 fully saturated rings. The minimum absolute atomic E-state index is 0.0238. The fourth-order valence-corrected chi connectivity index (χ4v) is 4.58. The lowest BCUT2D eigenvalue weighted by molar-refractivity contribution is 0.0578. The summed E-state index contributed by atoms with van der Waals surface area (Å²) in [5, 5.41) is 14.2. The highest BCUT2D eigenvalue weighted by atomic mass is 16.6. The molecule has 1 N–H and O–H groups in total. The Labute approximate surface area is 237 Å². The molecule has 0 bridgehead atoms. The molecule has 1 aliphatic rings. The molecule has 1 aromatic heterocycles. The smallest absolute Gasteiger partial charge is 0.437 e. The van der Waals surface area contributed by atoms with Crippen LogP contribution in [0.15, 0.2) is 33.8 Å². The highest BCUT2D eigenvalue weighted by Crippen LogP contribution is 2.36. The number of benzene rings is 1. The zero-order chi connectivity index (χ0) is 29.5. The van der Waals surface area contributed by atoms with E-state index in [0.717, 1.165) is 16.9 Å². The van der Waals surface area contributed by atoms with Crippen molar-refractivity contribution in [3.63, 3.8) is 0 Å². The van der Waals surface area contributed by atoms with E-state index < -0.39 is 29.4 Å². The van der Waals surface area contributed by atoms with E-state index in [1.165, 1.54) is 44.1 Å². The number of amides is 2. The van der Waals surface area contributed by atoms with Crippen molar-refractivity contribution in [2.24, 2.45) is 4.99 Å². The van der Waals surface area contributed by atoms with Gasteiger partial charge in [0.1, 0.15) is 11.6 Å². The van der Waals surface area contributed by atoms with Gasteiger partial charge in [-0.2, -0.15) is 4.98 Å². The number of carbonyl (C=O) groups excluding carboxylic acids is 1. The Morgan fingerprint density at radius 2 is 1.73 bits per heavy atom. The number of hydrogen-bond acceptors (Lipinski definition) is 6. The van der Waals surface area contributed by atoms with Crippen LogP contribution >= 0.6 is 0 Å². The molecule has 10 heteroatoms. The molecule has 3 rings (SSSR count). The molecule has 0 saturated carbocycles. The fourth-order valence-electron chi connectivity index (χ4n) is 4.58. The third kappa shape index (κ3) is 8.53. The Balaban J connectivity index is 1.75. The monoisotopic (exact) mass is 555 g/mol. The molecule has 0 spiro atoms. The lowest BCUT2D eigenvalue weighted by atomic mass is 10.0. The number of ether oxygens (including phenoxy) is 1. The SMILES string of the molecule is CCCCCCCCc1ccc(-c2noc([C@@H]3CCN3C(=NC(=O)OC(C)(C)C)N(C(=O)O)C(C)(C)C)n2)cc1. The lowest BCUT2D eigenvalue weighted by Gasteiger charge is -2.45. The zero-order valence-electron chi connectivity index (χ0n) is 25.1. The predicted octanol–water partition coefficient (Wildman–Crippen LogP) is 7.46. The van der Waals surface area contributed by atoms with E-state index in [1.807, 2.05) is 12.1 Å². The van der Waals surface area contributed by atoms with Crippen LogP contribution in [0.1, 0.15) is 111 Å². The van der Waals surface area contributed by atoms with Crippen LogP contribution in [0, 0.1) is 0 Å². The first-order valence-corrected chi connectivity index (χ1v) is 14.3. The molecule has 0 radical (unpaired) electrons. The van der Waals surface area contributed by atoms with E-state index >= 15 is 0 Å². The number of unbranched alkanes of at least 4 members (excludes halogenated alkanes) is 5. The molecule has 220 valence electrons. The quantitative estimate of drug-likeness (QED) is 0.192. The van der Waals surface area contributed by atoms with Gasteiger partial charge in [-0.1, -0.05) is 68.4 Å². The van der Waals surface area contributed by atoms with E-state index in [0.29, 0.717) is 24.7 Å². The van der Waals surface area contributed by atoms with Crippen LogP contribution in [0.5, 0.6) is 0 Å². The van der Waals surface area contributed by atoms with Crippen LogP contribution in [-0.4, -0.2) is 60.9 Å². The zero-order valence-corrected chi connectivity index (χ0v) is 25.1.